The zero-order valence-corrected chi connectivity index (χ0v) is 15.6. The van der Waals surface area contributed by atoms with Crippen molar-refractivity contribution in [3.05, 3.63) is 66.5 Å². The van der Waals surface area contributed by atoms with Crippen molar-refractivity contribution in [1.82, 2.24) is 14.5 Å². The SMILES string of the molecule is CC(C)n1c(-c2ccc(N)cc2)c(C#N)c2ccc(Oc3ncccn3)cc21. The number of benzene rings is 2. The lowest BCUT2D eigenvalue weighted by molar-refractivity contribution is 0.442. The number of rotatable bonds is 4. The third-order valence-electron chi connectivity index (χ3n) is 4.54. The first-order chi connectivity index (χ1) is 13.6. The lowest BCUT2D eigenvalue weighted by atomic mass is 10.1. The van der Waals surface area contributed by atoms with Crippen molar-refractivity contribution in [2.24, 2.45) is 0 Å². The Morgan fingerprint density at radius 3 is 2.43 bits per heavy atom. The second-order valence-electron chi connectivity index (χ2n) is 6.73. The van der Waals surface area contributed by atoms with Gasteiger partial charge in [0.1, 0.15) is 11.8 Å². The quantitative estimate of drug-likeness (QED) is 0.515. The standard InChI is InChI=1S/C22H19N5O/c1-14(2)27-20-12-17(28-22-25-10-3-11-26-22)8-9-18(20)19(13-23)21(27)15-4-6-16(24)7-5-15/h3-12,14H,24H2,1-2H3. The smallest absolute Gasteiger partial charge is 0.321 e. The first-order valence-electron chi connectivity index (χ1n) is 8.97. The Bertz CT molecular complexity index is 1170. The summed E-state index contributed by atoms with van der Waals surface area (Å²) in [5.74, 6) is 0.617. The zero-order valence-electron chi connectivity index (χ0n) is 15.6. The van der Waals surface area contributed by atoms with Gasteiger partial charge in [-0.25, -0.2) is 9.97 Å². The third kappa shape index (κ3) is 3.03. The Morgan fingerprint density at radius 1 is 1.07 bits per heavy atom. The molecule has 28 heavy (non-hydrogen) atoms. The number of nitriles is 1. The van der Waals surface area contributed by atoms with Gasteiger partial charge in [0.15, 0.2) is 0 Å². The van der Waals surface area contributed by atoms with Gasteiger partial charge < -0.3 is 15.0 Å². The molecule has 0 aliphatic rings. The summed E-state index contributed by atoms with van der Waals surface area (Å²) in [5, 5.41) is 10.8. The summed E-state index contributed by atoms with van der Waals surface area (Å²) in [7, 11) is 0. The van der Waals surface area contributed by atoms with Crippen LogP contribution in [0.2, 0.25) is 0 Å². The fourth-order valence-electron chi connectivity index (χ4n) is 3.37. The van der Waals surface area contributed by atoms with Gasteiger partial charge in [-0.3, -0.25) is 0 Å². The van der Waals surface area contributed by atoms with E-state index in [-0.39, 0.29) is 12.1 Å². The van der Waals surface area contributed by atoms with Gasteiger partial charge in [0.25, 0.3) is 0 Å². The number of anilines is 1. The molecule has 0 atom stereocenters. The maximum Gasteiger partial charge on any atom is 0.321 e. The molecule has 6 heteroatoms. The Kier molecular flexibility index (Phi) is 4.42. The number of nitrogen functional groups attached to an aromatic ring is 1. The molecule has 0 aliphatic heterocycles. The molecule has 0 amide bonds. The molecule has 4 rings (SSSR count). The van der Waals surface area contributed by atoms with Crippen molar-refractivity contribution in [2.75, 3.05) is 5.73 Å². The average Bonchev–Trinajstić information content (AvgIpc) is 3.03. The van der Waals surface area contributed by atoms with Gasteiger partial charge in [-0.1, -0.05) is 12.1 Å². The predicted octanol–water partition coefficient (Wildman–Crippen LogP) is 4.93. The van der Waals surface area contributed by atoms with Gasteiger partial charge in [-0.15, -0.1) is 0 Å². The predicted molar refractivity (Wildman–Crippen MR) is 109 cm³/mol. The van der Waals surface area contributed by atoms with Crippen LogP contribution in [0.3, 0.4) is 0 Å². The van der Waals surface area contributed by atoms with E-state index in [0.717, 1.165) is 22.2 Å². The monoisotopic (exact) mass is 369 g/mol. The molecule has 0 aliphatic carbocycles. The van der Waals surface area contributed by atoms with Crippen molar-refractivity contribution >= 4 is 16.6 Å². The Morgan fingerprint density at radius 2 is 1.79 bits per heavy atom. The summed E-state index contributed by atoms with van der Waals surface area (Å²) in [6, 6.07) is 17.8. The van der Waals surface area contributed by atoms with Crippen molar-refractivity contribution < 1.29 is 4.74 Å². The summed E-state index contributed by atoms with van der Waals surface area (Å²) in [6.07, 6.45) is 3.26. The van der Waals surface area contributed by atoms with E-state index in [9.17, 15) is 5.26 Å². The second-order valence-corrected chi connectivity index (χ2v) is 6.73. The van der Waals surface area contributed by atoms with E-state index in [1.807, 2.05) is 42.5 Å². The van der Waals surface area contributed by atoms with E-state index in [0.29, 0.717) is 17.0 Å². The van der Waals surface area contributed by atoms with Gasteiger partial charge in [0, 0.05) is 35.6 Å². The van der Waals surface area contributed by atoms with Gasteiger partial charge in [0.2, 0.25) is 0 Å². The first-order valence-corrected chi connectivity index (χ1v) is 8.97. The minimum atomic E-state index is 0.139. The van der Waals surface area contributed by atoms with Crippen LogP contribution in [-0.4, -0.2) is 14.5 Å². The summed E-state index contributed by atoms with van der Waals surface area (Å²) < 4.78 is 7.94. The fourth-order valence-corrected chi connectivity index (χ4v) is 3.37. The topological polar surface area (TPSA) is 89.8 Å². The molecule has 0 fully saturated rings. The normalized spacial score (nSPS) is 10.9. The fraction of sp³-hybridized carbons (Fsp3) is 0.136. The van der Waals surface area contributed by atoms with Gasteiger partial charge in [0.05, 0.1) is 16.8 Å². The van der Waals surface area contributed by atoms with E-state index in [4.69, 9.17) is 10.5 Å². The van der Waals surface area contributed by atoms with Crippen LogP contribution in [0, 0.1) is 11.3 Å². The van der Waals surface area contributed by atoms with Crippen molar-refractivity contribution in [3.8, 4) is 29.1 Å². The number of fused-ring (bicyclic) bond motifs is 1. The van der Waals surface area contributed by atoms with E-state index < -0.39 is 0 Å². The molecule has 6 nitrogen and oxygen atoms in total. The molecule has 2 heterocycles. The minimum absolute atomic E-state index is 0.139. The number of nitrogens with two attached hydrogens (primary N) is 1. The molecule has 0 saturated heterocycles. The lowest BCUT2D eigenvalue weighted by Crippen LogP contribution is -2.03. The van der Waals surface area contributed by atoms with Gasteiger partial charge in [-0.05, 0) is 49.7 Å². The van der Waals surface area contributed by atoms with E-state index >= 15 is 0 Å². The summed E-state index contributed by atoms with van der Waals surface area (Å²) in [6.45, 7) is 4.18. The average molecular weight is 369 g/mol. The Balaban J connectivity index is 1.93. The van der Waals surface area contributed by atoms with Crippen LogP contribution >= 0.6 is 0 Å². The highest BCUT2D eigenvalue weighted by molar-refractivity contribution is 5.95. The van der Waals surface area contributed by atoms with Crippen LogP contribution in [0.5, 0.6) is 11.8 Å². The van der Waals surface area contributed by atoms with Crippen LogP contribution in [0.4, 0.5) is 5.69 Å². The lowest BCUT2D eigenvalue weighted by Gasteiger charge is -2.15. The molecule has 0 bridgehead atoms. The minimum Gasteiger partial charge on any atom is -0.424 e. The summed E-state index contributed by atoms with van der Waals surface area (Å²) >= 11 is 0. The molecule has 0 radical (unpaired) electrons. The van der Waals surface area contributed by atoms with Crippen LogP contribution in [0.1, 0.15) is 25.5 Å². The van der Waals surface area contributed by atoms with E-state index in [1.165, 1.54) is 0 Å². The molecule has 2 aromatic carbocycles. The van der Waals surface area contributed by atoms with Gasteiger partial charge in [-0.2, -0.15) is 5.26 Å². The number of nitrogens with zero attached hydrogens (tertiary/aromatic N) is 4. The summed E-state index contributed by atoms with van der Waals surface area (Å²) in [5.41, 5.74) is 9.91. The highest BCUT2D eigenvalue weighted by Gasteiger charge is 2.21. The zero-order chi connectivity index (χ0) is 19.7. The molecular weight excluding hydrogens is 350 g/mol. The van der Waals surface area contributed by atoms with Crippen LogP contribution in [0.15, 0.2) is 60.9 Å². The highest BCUT2D eigenvalue weighted by atomic mass is 16.5. The summed E-state index contributed by atoms with van der Waals surface area (Å²) in [4.78, 5) is 8.20. The molecule has 2 aromatic heterocycles. The van der Waals surface area contributed by atoms with E-state index in [2.05, 4.69) is 34.5 Å². The maximum absolute atomic E-state index is 9.89. The van der Waals surface area contributed by atoms with Crippen molar-refractivity contribution in [3.63, 3.8) is 0 Å². The number of aromatic nitrogens is 3. The number of hydrogen-bond acceptors (Lipinski definition) is 5. The third-order valence-corrected chi connectivity index (χ3v) is 4.54. The molecule has 2 N–H and O–H groups in total. The van der Waals surface area contributed by atoms with Crippen LogP contribution in [-0.2, 0) is 0 Å². The largest absolute Gasteiger partial charge is 0.424 e. The maximum atomic E-state index is 9.89. The second kappa shape index (κ2) is 7.05. The molecule has 0 saturated carbocycles. The molecule has 0 spiro atoms. The van der Waals surface area contributed by atoms with Crippen LogP contribution in [0.25, 0.3) is 22.2 Å². The van der Waals surface area contributed by atoms with Gasteiger partial charge >= 0.3 is 6.01 Å². The first kappa shape index (κ1) is 17.6. The van der Waals surface area contributed by atoms with Crippen molar-refractivity contribution in [2.45, 2.75) is 19.9 Å². The molecular formula is C22H19N5O. The van der Waals surface area contributed by atoms with E-state index in [1.54, 1.807) is 18.5 Å². The molecule has 138 valence electrons. The Labute approximate surface area is 162 Å². The van der Waals surface area contributed by atoms with Crippen LogP contribution < -0.4 is 10.5 Å². The Hall–Kier alpha value is -3.85. The molecule has 4 aromatic rings. The number of hydrogen-bond donors (Lipinski definition) is 1. The number of ether oxygens (including phenoxy) is 1. The molecule has 0 unspecified atom stereocenters. The highest BCUT2D eigenvalue weighted by Crippen LogP contribution is 2.38. The van der Waals surface area contributed by atoms with Crippen molar-refractivity contribution in [1.29, 1.82) is 5.26 Å².